The van der Waals surface area contributed by atoms with Gasteiger partial charge in [-0.05, 0) is 55.3 Å². The van der Waals surface area contributed by atoms with Gasteiger partial charge in [-0.1, -0.05) is 12.1 Å². The third-order valence-electron chi connectivity index (χ3n) is 5.07. The van der Waals surface area contributed by atoms with Crippen molar-refractivity contribution < 1.29 is 8.42 Å². The van der Waals surface area contributed by atoms with E-state index in [0.29, 0.717) is 10.9 Å². The Balaban J connectivity index is 1.39. The van der Waals surface area contributed by atoms with Gasteiger partial charge in [-0.25, -0.2) is 8.42 Å². The van der Waals surface area contributed by atoms with Crippen LogP contribution in [0.25, 0.3) is 10.9 Å². The maximum Gasteiger partial charge on any atom is 0.175 e. The van der Waals surface area contributed by atoms with E-state index in [2.05, 4.69) is 38.6 Å². The summed E-state index contributed by atoms with van der Waals surface area (Å²) >= 11 is 0. The first-order chi connectivity index (χ1) is 13.0. The van der Waals surface area contributed by atoms with Crippen LogP contribution in [-0.2, 0) is 16.4 Å². The van der Waals surface area contributed by atoms with E-state index in [-0.39, 0.29) is 0 Å². The first kappa shape index (κ1) is 18.0. The molecule has 7 heteroatoms. The summed E-state index contributed by atoms with van der Waals surface area (Å²) < 4.78 is 23.2. The molecule has 0 bridgehead atoms. The lowest BCUT2D eigenvalue weighted by Gasteiger charge is -2.33. The van der Waals surface area contributed by atoms with Crippen molar-refractivity contribution >= 4 is 26.4 Å². The largest absolute Gasteiger partial charge is 0.381 e. The number of rotatable bonds is 5. The Kier molecular flexibility index (Phi) is 4.88. The number of likely N-dealkylation sites (tertiary alicyclic amines) is 1. The van der Waals surface area contributed by atoms with Crippen LogP contribution in [0.4, 0.5) is 5.69 Å². The molecule has 1 aliphatic heterocycles. The van der Waals surface area contributed by atoms with E-state index < -0.39 is 9.84 Å². The maximum absolute atomic E-state index is 11.6. The van der Waals surface area contributed by atoms with Crippen LogP contribution in [0, 0.1) is 0 Å². The van der Waals surface area contributed by atoms with Gasteiger partial charge in [0.25, 0.3) is 0 Å². The van der Waals surface area contributed by atoms with Crippen LogP contribution in [0.2, 0.25) is 0 Å². The number of benzene rings is 2. The molecule has 1 fully saturated rings. The van der Waals surface area contributed by atoms with Gasteiger partial charge in [0, 0.05) is 36.5 Å². The predicted octanol–water partition coefficient (Wildman–Crippen LogP) is 3.04. The minimum atomic E-state index is -3.14. The summed E-state index contributed by atoms with van der Waals surface area (Å²) in [5.41, 5.74) is 3.31. The number of H-pyrrole nitrogens is 1. The highest BCUT2D eigenvalue weighted by atomic mass is 32.2. The van der Waals surface area contributed by atoms with Crippen molar-refractivity contribution in [2.45, 2.75) is 30.3 Å². The van der Waals surface area contributed by atoms with Crippen molar-refractivity contribution in [3.63, 3.8) is 0 Å². The molecule has 0 amide bonds. The van der Waals surface area contributed by atoms with E-state index in [1.165, 1.54) is 6.26 Å². The molecule has 1 aromatic heterocycles. The summed E-state index contributed by atoms with van der Waals surface area (Å²) in [6, 6.07) is 13.9. The molecule has 0 unspecified atom stereocenters. The van der Waals surface area contributed by atoms with Gasteiger partial charge in [-0.3, -0.25) is 10.00 Å². The molecule has 0 saturated carbocycles. The fraction of sp³-hybridized carbons (Fsp3) is 0.350. The van der Waals surface area contributed by atoms with Gasteiger partial charge in [0.2, 0.25) is 0 Å². The summed E-state index contributed by atoms with van der Waals surface area (Å²) in [7, 11) is -3.14. The van der Waals surface area contributed by atoms with Gasteiger partial charge in [-0.15, -0.1) is 0 Å². The fourth-order valence-corrected chi connectivity index (χ4v) is 4.32. The number of hydrogen-bond donors (Lipinski definition) is 2. The first-order valence-electron chi connectivity index (χ1n) is 9.18. The predicted molar refractivity (Wildman–Crippen MR) is 108 cm³/mol. The minimum Gasteiger partial charge on any atom is -0.381 e. The van der Waals surface area contributed by atoms with Gasteiger partial charge in [-0.2, -0.15) is 5.10 Å². The summed E-state index contributed by atoms with van der Waals surface area (Å²) in [4.78, 5) is 2.80. The molecule has 27 heavy (non-hydrogen) atoms. The molecule has 0 spiro atoms. The number of aromatic nitrogens is 2. The van der Waals surface area contributed by atoms with Crippen LogP contribution < -0.4 is 5.32 Å². The van der Waals surface area contributed by atoms with Gasteiger partial charge in [0.15, 0.2) is 9.84 Å². The molecule has 142 valence electrons. The Morgan fingerprint density at radius 1 is 1.22 bits per heavy atom. The number of fused-ring (bicyclic) bond motifs is 1. The molecular formula is C20H24N4O2S. The van der Waals surface area contributed by atoms with Gasteiger partial charge in [0.1, 0.15) is 0 Å². The molecule has 0 aliphatic carbocycles. The molecule has 1 saturated heterocycles. The number of hydrogen-bond acceptors (Lipinski definition) is 5. The molecule has 6 nitrogen and oxygen atoms in total. The topological polar surface area (TPSA) is 78.1 Å². The van der Waals surface area contributed by atoms with Crippen LogP contribution in [-0.4, -0.2) is 48.9 Å². The average Bonchev–Trinajstić information content (AvgIpc) is 3.09. The van der Waals surface area contributed by atoms with E-state index in [1.807, 2.05) is 18.3 Å². The number of nitrogens with zero attached hydrogens (tertiary/aromatic N) is 2. The van der Waals surface area contributed by atoms with Gasteiger partial charge >= 0.3 is 0 Å². The van der Waals surface area contributed by atoms with Crippen molar-refractivity contribution in [2.24, 2.45) is 0 Å². The monoisotopic (exact) mass is 384 g/mol. The van der Waals surface area contributed by atoms with E-state index in [1.54, 1.807) is 12.1 Å². The molecule has 4 rings (SSSR count). The second-order valence-electron chi connectivity index (χ2n) is 7.31. The standard InChI is InChI=1S/C20H24N4O2S/c1-27(25,26)19-7-4-15(5-8-19)13-24-10-2-3-18(14-24)22-17-6-9-20-16(11-17)12-21-23-20/h4-9,11-12,18,22H,2-3,10,13-14H2,1H3,(H,21,23)/t18-/m0/s1. The highest BCUT2D eigenvalue weighted by Gasteiger charge is 2.20. The van der Waals surface area contributed by atoms with Crippen LogP contribution in [0.3, 0.4) is 0 Å². The van der Waals surface area contributed by atoms with Crippen molar-refractivity contribution in [3.05, 3.63) is 54.2 Å². The molecule has 3 aromatic rings. The lowest BCUT2D eigenvalue weighted by molar-refractivity contribution is 0.208. The molecule has 1 atom stereocenters. The first-order valence-corrected chi connectivity index (χ1v) is 11.1. The molecule has 2 N–H and O–H groups in total. The number of piperidine rings is 1. The number of anilines is 1. The van der Waals surface area contributed by atoms with E-state index in [0.717, 1.165) is 54.6 Å². The van der Waals surface area contributed by atoms with Crippen molar-refractivity contribution in [1.82, 2.24) is 15.1 Å². The van der Waals surface area contributed by atoms with Crippen LogP contribution >= 0.6 is 0 Å². The Morgan fingerprint density at radius 3 is 2.81 bits per heavy atom. The number of nitrogens with one attached hydrogen (secondary N) is 2. The Morgan fingerprint density at radius 2 is 2.04 bits per heavy atom. The van der Waals surface area contributed by atoms with Crippen molar-refractivity contribution in [3.8, 4) is 0 Å². The zero-order chi connectivity index (χ0) is 18.9. The summed E-state index contributed by atoms with van der Waals surface area (Å²) in [6.45, 7) is 2.87. The molecule has 1 aliphatic rings. The summed E-state index contributed by atoms with van der Waals surface area (Å²) in [6.07, 6.45) is 5.37. The number of sulfone groups is 1. The van der Waals surface area contributed by atoms with Crippen LogP contribution in [0.15, 0.2) is 53.6 Å². The molecular weight excluding hydrogens is 360 g/mol. The smallest absolute Gasteiger partial charge is 0.175 e. The lowest BCUT2D eigenvalue weighted by atomic mass is 10.0. The summed E-state index contributed by atoms with van der Waals surface area (Å²) in [5, 5.41) is 11.8. The van der Waals surface area contributed by atoms with Crippen molar-refractivity contribution in [1.29, 1.82) is 0 Å². The highest BCUT2D eigenvalue weighted by molar-refractivity contribution is 7.90. The quantitative estimate of drug-likeness (QED) is 0.707. The van der Waals surface area contributed by atoms with E-state index in [4.69, 9.17) is 0 Å². The van der Waals surface area contributed by atoms with Crippen molar-refractivity contribution in [2.75, 3.05) is 24.7 Å². The molecule has 2 heterocycles. The Bertz CT molecular complexity index is 1030. The maximum atomic E-state index is 11.6. The van der Waals surface area contributed by atoms with Gasteiger partial charge < -0.3 is 5.32 Å². The fourth-order valence-electron chi connectivity index (χ4n) is 3.69. The Labute approximate surface area is 159 Å². The van der Waals surface area contributed by atoms with Crippen LogP contribution in [0.5, 0.6) is 0 Å². The van der Waals surface area contributed by atoms with Crippen LogP contribution in [0.1, 0.15) is 18.4 Å². The highest BCUT2D eigenvalue weighted by Crippen LogP contribution is 2.21. The number of aromatic amines is 1. The average molecular weight is 385 g/mol. The van der Waals surface area contributed by atoms with E-state index >= 15 is 0 Å². The summed E-state index contributed by atoms with van der Waals surface area (Å²) in [5.74, 6) is 0. The van der Waals surface area contributed by atoms with E-state index in [9.17, 15) is 8.42 Å². The lowest BCUT2D eigenvalue weighted by Crippen LogP contribution is -2.41. The third-order valence-corrected chi connectivity index (χ3v) is 6.20. The molecule has 2 aromatic carbocycles. The SMILES string of the molecule is CS(=O)(=O)c1ccc(CN2CCC[C@H](Nc3ccc4[nH]ncc4c3)C2)cc1. The zero-order valence-electron chi connectivity index (χ0n) is 15.4. The molecule has 0 radical (unpaired) electrons. The normalized spacial score (nSPS) is 18.6. The second-order valence-corrected chi connectivity index (χ2v) is 9.32. The second kappa shape index (κ2) is 7.32. The minimum absolute atomic E-state index is 0.374. The third kappa shape index (κ3) is 4.31. The van der Waals surface area contributed by atoms with Gasteiger partial charge in [0.05, 0.1) is 16.6 Å². The Hall–Kier alpha value is -2.38. The zero-order valence-corrected chi connectivity index (χ0v) is 16.2.